The Morgan fingerprint density at radius 2 is 1.93 bits per heavy atom. The maximum atomic E-state index is 12.3. The van der Waals surface area contributed by atoms with Crippen molar-refractivity contribution < 1.29 is 24.5 Å². The third-order valence-corrected chi connectivity index (χ3v) is 5.84. The molecule has 9 heteroatoms. The first-order valence-corrected chi connectivity index (χ1v) is 10.8. The second-order valence-corrected chi connectivity index (χ2v) is 8.06. The van der Waals surface area contributed by atoms with Crippen molar-refractivity contribution >= 4 is 23.2 Å². The molecule has 0 aromatic carbocycles. The van der Waals surface area contributed by atoms with Crippen LogP contribution < -0.4 is 11.1 Å². The Kier molecular flexibility index (Phi) is 9.30. The van der Waals surface area contributed by atoms with Gasteiger partial charge in [0.15, 0.2) is 0 Å². The Morgan fingerprint density at radius 1 is 1.25 bits per heavy atom. The number of hydrogen-bond acceptors (Lipinski definition) is 7. The number of nitrogens with two attached hydrogens (primary N) is 1. The maximum absolute atomic E-state index is 12.3. The highest BCUT2D eigenvalue weighted by atomic mass is 32.1. The van der Waals surface area contributed by atoms with E-state index in [9.17, 15) is 19.8 Å². The van der Waals surface area contributed by atoms with Gasteiger partial charge in [0, 0.05) is 11.8 Å². The average molecular weight is 414 g/mol. The monoisotopic (exact) mass is 413 g/mol. The molecule has 1 aromatic heterocycles. The van der Waals surface area contributed by atoms with Crippen molar-refractivity contribution in [1.82, 2.24) is 10.3 Å². The molecular weight excluding hydrogens is 382 g/mol. The molecule has 28 heavy (non-hydrogen) atoms. The zero-order valence-electron chi connectivity index (χ0n) is 16.3. The van der Waals surface area contributed by atoms with E-state index in [0.717, 1.165) is 19.3 Å². The molecule has 5 N–H and O–H groups in total. The lowest BCUT2D eigenvalue weighted by atomic mass is 10.0. The number of rotatable bonds is 12. The number of thiazole rings is 1. The number of hydrogen-bond donors (Lipinski definition) is 4. The van der Waals surface area contributed by atoms with Crippen LogP contribution >= 0.6 is 11.3 Å². The maximum Gasteiger partial charge on any atom is 0.268 e. The van der Waals surface area contributed by atoms with Gasteiger partial charge in [0.05, 0.1) is 12.6 Å². The van der Waals surface area contributed by atoms with Crippen LogP contribution in [0.1, 0.15) is 79.9 Å². The molecule has 2 amide bonds. The fourth-order valence-electron chi connectivity index (χ4n) is 3.32. The molecule has 0 saturated carbocycles. The van der Waals surface area contributed by atoms with Crippen molar-refractivity contribution in [2.75, 3.05) is 6.61 Å². The predicted molar refractivity (Wildman–Crippen MR) is 106 cm³/mol. The first-order valence-electron chi connectivity index (χ1n) is 9.96. The summed E-state index contributed by atoms with van der Waals surface area (Å²) in [6.45, 7) is 1.80. The van der Waals surface area contributed by atoms with E-state index in [-0.39, 0.29) is 18.2 Å². The Hall–Kier alpha value is -1.55. The summed E-state index contributed by atoms with van der Waals surface area (Å²) in [4.78, 5) is 27.7. The average Bonchev–Trinajstić information content (AvgIpc) is 3.27. The molecule has 2 rings (SSSR count). The first kappa shape index (κ1) is 22.7. The van der Waals surface area contributed by atoms with Crippen LogP contribution in [0.2, 0.25) is 0 Å². The smallest absolute Gasteiger partial charge is 0.268 e. The molecule has 8 nitrogen and oxygen atoms in total. The molecule has 0 radical (unpaired) electrons. The molecule has 0 unspecified atom stereocenters. The molecule has 4 atom stereocenters. The molecule has 158 valence electrons. The van der Waals surface area contributed by atoms with Gasteiger partial charge in [0.25, 0.3) is 5.91 Å². The quantitative estimate of drug-likeness (QED) is 0.385. The van der Waals surface area contributed by atoms with Crippen LogP contribution in [0.5, 0.6) is 0 Å². The van der Waals surface area contributed by atoms with Crippen LogP contribution in [0.15, 0.2) is 5.38 Å². The van der Waals surface area contributed by atoms with E-state index in [0.29, 0.717) is 11.4 Å². The normalized spacial score (nSPS) is 24.4. The third-order valence-electron chi connectivity index (χ3n) is 4.93. The predicted octanol–water partition coefficient (Wildman–Crippen LogP) is 1.66. The van der Waals surface area contributed by atoms with Gasteiger partial charge < -0.3 is 26.0 Å². The summed E-state index contributed by atoms with van der Waals surface area (Å²) in [7, 11) is 0. The highest BCUT2D eigenvalue weighted by Crippen LogP contribution is 2.35. The van der Waals surface area contributed by atoms with Crippen LogP contribution in [0.3, 0.4) is 0 Å². The summed E-state index contributed by atoms with van der Waals surface area (Å²) in [6.07, 6.45) is 5.55. The molecule has 0 aliphatic carbocycles. The molecular formula is C19H31N3O5S. The van der Waals surface area contributed by atoms with E-state index >= 15 is 0 Å². The number of nitrogens with zero attached hydrogens (tertiary/aromatic N) is 1. The number of ether oxygens (including phenoxy) is 1. The van der Waals surface area contributed by atoms with E-state index in [1.165, 1.54) is 42.4 Å². The summed E-state index contributed by atoms with van der Waals surface area (Å²) in [6, 6.07) is -0.735. The van der Waals surface area contributed by atoms with Crippen molar-refractivity contribution in [3.05, 3.63) is 16.1 Å². The number of aromatic nitrogens is 1. The Labute approximate surface area is 169 Å². The molecule has 1 saturated heterocycles. The minimum atomic E-state index is -1.06. The van der Waals surface area contributed by atoms with Crippen LogP contribution in [0.25, 0.3) is 0 Å². The highest BCUT2D eigenvalue weighted by Gasteiger charge is 2.46. The number of aliphatic hydroxyl groups is 2. The Morgan fingerprint density at radius 3 is 2.54 bits per heavy atom. The third kappa shape index (κ3) is 6.23. The fourth-order valence-corrected chi connectivity index (χ4v) is 4.21. The summed E-state index contributed by atoms with van der Waals surface area (Å²) in [5.41, 5.74) is 5.34. The minimum Gasteiger partial charge on any atom is -0.394 e. The lowest BCUT2D eigenvalue weighted by molar-refractivity contribution is -0.122. The van der Waals surface area contributed by atoms with Crippen LogP contribution in [-0.4, -0.2) is 51.9 Å². The van der Waals surface area contributed by atoms with Gasteiger partial charge in [-0.25, -0.2) is 4.98 Å². The van der Waals surface area contributed by atoms with Gasteiger partial charge >= 0.3 is 0 Å². The number of amides is 2. The van der Waals surface area contributed by atoms with E-state index < -0.39 is 30.3 Å². The van der Waals surface area contributed by atoms with Gasteiger partial charge in [0.2, 0.25) is 5.91 Å². The second kappa shape index (κ2) is 11.5. The SMILES string of the molecule is CCCCCCCCCC(=O)N[C@@H]1[C@H](O)[C@@H](CO)O[C@H]1c1nc(C(N)=O)cs1. The van der Waals surface area contributed by atoms with E-state index in [1.54, 1.807) is 0 Å². The van der Waals surface area contributed by atoms with Crippen molar-refractivity contribution in [2.24, 2.45) is 5.73 Å². The number of nitrogens with one attached hydrogen (secondary N) is 1. The Bertz CT molecular complexity index is 639. The fraction of sp³-hybridized carbons (Fsp3) is 0.737. The van der Waals surface area contributed by atoms with Crippen LogP contribution in [0, 0.1) is 0 Å². The van der Waals surface area contributed by atoms with Gasteiger partial charge in [-0.1, -0.05) is 45.4 Å². The van der Waals surface area contributed by atoms with Crippen molar-refractivity contribution in [3.63, 3.8) is 0 Å². The molecule has 1 aliphatic heterocycles. The molecule has 2 heterocycles. The summed E-state index contributed by atoms with van der Waals surface area (Å²) >= 11 is 1.17. The van der Waals surface area contributed by atoms with Crippen molar-refractivity contribution in [2.45, 2.75) is 82.6 Å². The number of primary amides is 1. The molecule has 0 bridgehead atoms. The number of carbonyl (C=O) groups excluding carboxylic acids is 2. The van der Waals surface area contributed by atoms with Crippen LogP contribution in [0.4, 0.5) is 0 Å². The first-order chi connectivity index (χ1) is 13.5. The number of aliphatic hydroxyl groups excluding tert-OH is 2. The standard InChI is InChI=1S/C19H31N3O5S/c1-2-3-4-5-6-7-8-9-14(24)22-15-16(25)13(10-23)27-17(15)19-21-12(11-28-19)18(20)26/h11,13,15-17,23,25H,2-10H2,1H3,(H2,20,26)(H,22,24)/t13-,15-,16-,17-/m1/s1. The lowest BCUT2D eigenvalue weighted by Gasteiger charge is -2.20. The molecule has 1 aromatic rings. The largest absolute Gasteiger partial charge is 0.394 e. The summed E-state index contributed by atoms with van der Waals surface area (Å²) in [5.74, 6) is -0.823. The zero-order chi connectivity index (χ0) is 20.5. The summed E-state index contributed by atoms with van der Waals surface area (Å²) < 4.78 is 5.68. The second-order valence-electron chi connectivity index (χ2n) is 7.17. The zero-order valence-corrected chi connectivity index (χ0v) is 17.1. The minimum absolute atomic E-state index is 0.110. The molecule has 1 aliphatic rings. The molecule has 0 spiro atoms. The lowest BCUT2D eigenvalue weighted by Crippen LogP contribution is -2.45. The van der Waals surface area contributed by atoms with Gasteiger partial charge in [0.1, 0.15) is 29.0 Å². The van der Waals surface area contributed by atoms with Gasteiger partial charge in [-0.3, -0.25) is 9.59 Å². The Balaban J connectivity index is 1.88. The topological polar surface area (TPSA) is 135 Å². The number of carbonyl (C=O) groups is 2. The van der Waals surface area contributed by atoms with Crippen molar-refractivity contribution in [1.29, 1.82) is 0 Å². The van der Waals surface area contributed by atoms with Gasteiger partial charge in [-0.2, -0.15) is 0 Å². The van der Waals surface area contributed by atoms with Crippen molar-refractivity contribution in [3.8, 4) is 0 Å². The van der Waals surface area contributed by atoms with Crippen LogP contribution in [-0.2, 0) is 9.53 Å². The van der Waals surface area contributed by atoms with Gasteiger partial charge in [-0.05, 0) is 6.42 Å². The van der Waals surface area contributed by atoms with E-state index in [2.05, 4.69) is 17.2 Å². The number of unbranched alkanes of at least 4 members (excludes halogenated alkanes) is 6. The summed E-state index contributed by atoms with van der Waals surface area (Å²) in [5, 5.41) is 24.6. The van der Waals surface area contributed by atoms with Gasteiger partial charge in [-0.15, -0.1) is 11.3 Å². The molecule has 1 fully saturated rings. The highest BCUT2D eigenvalue weighted by molar-refractivity contribution is 7.09. The van der Waals surface area contributed by atoms with E-state index in [1.807, 2.05) is 0 Å². The van der Waals surface area contributed by atoms with E-state index in [4.69, 9.17) is 10.5 Å².